The number of pyridine rings is 1. The maximum Gasteiger partial charge on any atom is 0.244 e. The number of nitrogens with one attached hydrogen (secondary N) is 1. The standard InChI is InChI=1S/C19H24N4O2/c1-19(20,16-7-3-2-4-8-16)18(24)22-14-15-6-5-9-21-17(15)23-10-12-25-13-11-23/h2-9H,10-14,20H2,1H3,(H,22,24). The van der Waals surface area contributed by atoms with Gasteiger partial charge in [0.25, 0.3) is 0 Å². The molecule has 25 heavy (non-hydrogen) atoms. The molecule has 0 radical (unpaired) electrons. The summed E-state index contributed by atoms with van der Waals surface area (Å²) >= 11 is 0. The first-order valence-electron chi connectivity index (χ1n) is 8.48. The topological polar surface area (TPSA) is 80.5 Å². The number of hydrogen-bond acceptors (Lipinski definition) is 5. The Morgan fingerprint density at radius 1 is 1.24 bits per heavy atom. The van der Waals surface area contributed by atoms with Gasteiger partial charge in [0.2, 0.25) is 5.91 Å². The molecule has 6 nitrogen and oxygen atoms in total. The molecule has 6 heteroatoms. The number of nitrogens with two attached hydrogens (primary N) is 1. The van der Waals surface area contributed by atoms with Crippen molar-refractivity contribution in [1.29, 1.82) is 0 Å². The summed E-state index contributed by atoms with van der Waals surface area (Å²) in [5.41, 5.74) is 6.95. The zero-order valence-corrected chi connectivity index (χ0v) is 14.4. The highest BCUT2D eigenvalue weighted by molar-refractivity contribution is 5.87. The average molecular weight is 340 g/mol. The van der Waals surface area contributed by atoms with E-state index in [9.17, 15) is 4.79 Å². The van der Waals surface area contributed by atoms with E-state index in [0.29, 0.717) is 19.8 Å². The van der Waals surface area contributed by atoms with E-state index in [1.807, 2.05) is 42.5 Å². The van der Waals surface area contributed by atoms with Gasteiger partial charge in [-0.2, -0.15) is 0 Å². The molecule has 1 saturated heterocycles. The summed E-state index contributed by atoms with van der Waals surface area (Å²) < 4.78 is 5.40. The van der Waals surface area contributed by atoms with Gasteiger partial charge in [0.05, 0.1) is 13.2 Å². The fourth-order valence-electron chi connectivity index (χ4n) is 2.90. The van der Waals surface area contributed by atoms with Crippen molar-refractivity contribution in [3.8, 4) is 0 Å². The average Bonchev–Trinajstić information content (AvgIpc) is 2.67. The van der Waals surface area contributed by atoms with Crippen LogP contribution in [0.2, 0.25) is 0 Å². The first kappa shape index (κ1) is 17.4. The van der Waals surface area contributed by atoms with Gasteiger partial charge in [-0.1, -0.05) is 36.4 Å². The lowest BCUT2D eigenvalue weighted by atomic mass is 9.92. The summed E-state index contributed by atoms with van der Waals surface area (Å²) in [6.45, 7) is 5.10. The Balaban J connectivity index is 1.70. The highest BCUT2D eigenvalue weighted by atomic mass is 16.5. The van der Waals surface area contributed by atoms with E-state index >= 15 is 0 Å². The van der Waals surface area contributed by atoms with Crippen LogP contribution in [-0.2, 0) is 21.6 Å². The van der Waals surface area contributed by atoms with Crippen molar-refractivity contribution in [1.82, 2.24) is 10.3 Å². The molecule has 1 aromatic carbocycles. The third-order valence-corrected chi connectivity index (χ3v) is 4.46. The van der Waals surface area contributed by atoms with Crippen molar-refractivity contribution in [3.63, 3.8) is 0 Å². The number of hydrogen-bond donors (Lipinski definition) is 2. The quantitative estimate of drug-likeness (QED) is 0.860. The Labute approximate surface area is 148 Å². The number of aromatic nitrogens is 1. The van der Waals surface area contributed by atoms with E-state index in [2.05, 4.69) is 15.2 Å². The van der Waals surface area contributed by atoms with Gasteiger partial charge < -0.3 is 20.7 Å². The number of carbonyl (C=O) groups excluding carboxylic acids is 1. The smallest absolute Gasteiger partial charge is 0.244 e. The van der Waals surface area contributed by atoms with E-state index in [-0.39, 0.29) is 5.91 Å². The lowest BCUT2D eigenvalue weighted by Gasteiger charge is -2.30. The number of carbonyl (C=O) groups is 1. The third-order valence-electron chi connectivity index (χ3n) is 4.46. The lowest BCUT2D eigenvalue weighted by molar-refractivity contribution is -0.126. The summed E-state index contributed by atoms with van der Waals surface area (Å²) in [4.78, 5) is 19.3. The number of nitrogens with zero attached hydrogens (tertiary/aromatic N) is 2. The molecular weight excluding hydrogens is 316 g/mol. The number of benzene rings is 1. The van der Waals surface area contributed by atoms with Crippen molar-refractivity contribution >= 4 is 11.7 Å². The van der Waals surface area contributed by atoms with Crippen molar-refractivity contribution in [3.05, 3.63) is 59.8 Å². The maximum absolute atomic E-state index is 12.6. The van der Waals surface area contributed by atoms with Crippen LogP contribution >= 0.6 is 0 Å². The van der Waals surface area contributed by atoms with Crippen LogP contribution in [0.4, 0.5) is 5.82 Å². The summed E-state index contributed by atoms with van der Waals surface area (Å²) in [5, 5.41) is 2.96. The molecule has 1 fully saturated rings. The summed E-state index contributed by atoms with van der Waals surface area (Å²) in [7, 11) is 0. The molecule has 2 heterocycles. The van der Waals surface area contributed by atoms with E-state index in [0.717, 1.165) is 30.0 Å². The Bertz CT molecular complexity index is 712. The Morgan fingerprint density at radius 3 is 2.68 bits per heavy atom. The maximum atomic E-state index is 12.6. The predicted octanol–water partition coefficient (Wildman–Crippen LogP) is 1.41. The largest absolute Gasteiger partial charge is 0.378 e. The molecule has 1 atom stereocenters. The molecule has 0 aliphatic carbocycles. The summed E-state index contributed by atoms with van der Waals surface area (Å²) in [5.74, 6) is 0.681. The second-order valence-electron chi connectivity index (χ2n) is 6.34. The van der Waals surface area contributed by atoms with Crippen molar-refractivity contribution in [2.75, 3.05) is 31.2 Å². The van der Waals surface area contributed by atoms with E-state index in [1.165, 1.54) is 0 Å². The lowest BCUT2D eigenvalue weighted by Crippen LogP contribution is -2.48. The predicted molar refractivity (Wildman–Crippen MR) is 97.1 cm³/mol. The van der Waals surface area contributed by atoms with Crippen LogP contribution in [0.15, 0.2) is 48.7 Å². The Kier molecular flexibility index (Phi) is 5.31. The molecule has 0 spiro atoms. The second kappa shape index (κ2) is 7.63. The number of anilines is 1. The second-order valence-corrected chi connectivity index (χ2v) is 6.34. The minimum Gasteiger partial charge on any atom is -0.378 e. The molecule has 132 valence electrons. The summed E-state index contributed by atoms with van der Waals surface area (Å²) in [6.07, 6.45) is 1.77. The number of amides is 1. The minimum absolute atomic E-state index is 0.213. The molecular formula is C19H24N4O2. The molecule has 1 amide bonds. The monoisotopic (exact) mass is 340 g/mol. The normalized spacial score (nSPS) is 17.0. The Hall–Kier alpha value is -2.44. The van der Waals surface area contributed by atoms with Crippen LogP contribution in [-0.4, -0.2) is 37.2 Å². The number of morpholine rings is 1. The molecule has 1 aliphatic rings. The molecule has 0 saturated carbocycles. The fourth-order valence-corrected chi connectivity index (χ4v) is 2.90. The molecule has 1 aliphatic heterocycles. The SMILES string of the molecule is CC(N)(C(=O)NCc1cccnc1N1CCOCC1)c1ccccc1. The molecule has 3 rings (SSSR count). The first-order valence-corrected chi connectivity index (χ1v) is 8.48. The number of rotatable bonds is 5. The molecule has 0 bridgehead atoms. The van der Waals surface area contributed by atoms with E-state index < -0.39 is 5.54 Å². The first-order chi connectivity index (χ1) is 12.1. The van der Waals surface area contributed by atoms with Crippen LogP contribution in [0.5, 0.6) is 0 Å². The molecule has 1 unspecified atom stereocenters. The van der Waals surface area contributed by atoms with Crippen LogP contribution in [0.1, 0.15) is 18.1 Å². The van der Waals surface area contributed by atoms with Crippen molar-refractivity contribution < 1.29 is 9.53 Å². The van der Waals surface area contributed by atoms with Crippen molar-refractivity contribution in [2.45, 2.75) is 19.0 Å². The summed E-state index contributed by atoms with van der Waals surface area (Å²) in [6, 6.07) is 13.3. The fraction of sp³-hybridized carbons (Fsp3) is 0.368. The molecule has 2 aromatic rings. The molecule has 1 aromatic heterocycles. The minimum atomic E-state index is -1.08. The van der Waals surface area contributed by atoms with Crippen molar-refractivity contribution in [2.24, 2.45) is 5.73 Å². The van der Waals surface area contributed by atoms with Gasteiger partial charge >= 0.3 is 0 Å². The zero-order valence-electron chi connectivity index (χ0n) is 14.4. The molecule has 3 N–H and O–H groups in total. The number of ether oxygens (including phenoxy) is 1. The van der Waals surface area contributed by atoms with Crippen LogP contribution in [0.25, 0.3) is 0 Å². The van der Waals surface area contributed by atoms with Gasteiger partial charge in [-0.05, 0) is 18.6 Å². The van der Waals surface area contributed by atoms with Gasteiger partial charge in [0.15, 0.2) is 0 Å². The van der Waals surface area contributed by atoms with Gasteiger partial charge in [0.1, 0.15) is 11.4 Å². The van der Waals surface area contributed by atoms with Gasteiger partial charge in [-0.25, -0.2) is 4.98 Å². The van der Waals surface area contributed by atoms with Crippen LogP contribution < -0.4 is 16.0 Å². The van der Waals surface area contributed by atoms with Crippen LogP contribution in [0, 0.1) is 0 Å². The van der Waals surface area contributed by atoms with Crippen LogP contribution in [0.3, 0.4) is 0 Å². The van der Waals surface area contributed by atoms with Gasteiger partial charge in [0, 0.05) is 31.4 Å². The van der Waals surface area contributed by atoms with E-state index in [4.69, 9.17) is 10.5 Å². The Morgan fingerprint density at radius 2 is 1.96 bits per heavy atom. The van der Waals surface area contributed by atoms with Gasteiger partial charge in [-0.3, -0.25) is 4.79 Å². The van der Waals surface area contributed by atoms with Gasteiger partial charge in [-0.15, -0.1) is 0 Å². The zero-order chi connectivity index (χ0) is 17.7. The highest BCUT2D eigenvalue weighted by Crippen LogP contribution is 2.20. The third kappa shape index (κ3) is 3.97. The highest BCUT2D eigenvalue weighted by Gasteiger charge is 2.30. The van der Waals surface area contributed by atoms with E-state index in [1.54, 1.807) is 13.1 Å².